The Morgan fingerprint density at radius 2 is 1.91 bits per heavy atom. The summed E-state index contributed by atoms with van der Waals surface area (Å²) in [5, 5.41) is 3.80. The van der Waals surface area contributed by atoms with Crippen LogP contribution in [0.2, 0.25) is 0 Å². The molecule has 0 aliphatic carbocycles. The highest BCUT2D eigenvalue weighted by atomic mass is 19.1. The van der Waals surface area contributed by atoms with E-state index in [1.54, 1.807) is 12.1 Å². The van der Waals surface area contributed by atoms with Crippen molar-refractivity contribution in [2.24, 2.45) is 0 Å². The molecule has 45 heavy (non-hydrogen) atoms. The van der Waals surface area contributed by atoms with Gasteiger partial charge in [-0.2, -0.15) is 4.98 Å². The summed E-state index contributed by atoms with van der Waals surface area (Å²) in [5.74, 6) is -0.533. The van der Waals surface area contributed by atoms with Crippen molar-refractivity contribution in [3.63, 3.8) is 0 Å². The average Bonchev–Trinajstić information content (AvgIpc) is 2.96. The molecule has 0 saturated carbocycles. The number of aryl methyl sites for hydroxylation is 1. The first-order valence-corrected chi connectivity index (χ1v) is 14.2. The summed E-state index contributed by atoms with van der Waals surface area (Å²) >= 11 is 0. The molecule has 2 amide bonds. The van der Waals surface area contributed by atoms with Crippen LogP contribution >= 0.6 is 0 Å². The van der Waals surface area contributed by atoms with Crippen LogP contribution in [-0.2, 0) is 16.0 Å². The SMILES string of the molecule is [B]C([B])([B])Oc1cc(N(C)CCN(C)C)c(NC(=O)C=C)cc1Nc1nccc(N(C=O)c2cc(F)cc3c2N(C)CCC3)n1. The molecule has 0 saturated heterocycles. The van der Waals surface area contributed by atoms with E-state index in [0.29, 0.717) is 43.0 Å². The Morgan fingerprint density at radius 1 is 1.16 bits per heavy atom. The van der Waals surface area contributed by atoms with Gasteiger partial charge in [-0.15, -0.1) is 0 Å². The fourth-order valence-electron chi connectivity index (χ4n) is 4.98. The zero-order valence-corrected chi connectivity index (χ0v) is 25.9. The number of carbonyl (C=O) groups is 2. The number of amides is 2. The van der Waals surface area contributed by atoms with E-state index in [4.69, 9.17) is 28.3 Å². The number of ether oxygens (including phenoxy) is 1. The Hall–Kier alpha value is -4.52. The van der Waals surface area contributed by atoms with E-state index >= 15 is 0 Å². The predicted octanol–water partition coefficient (Wildman–Crippen LogP) is 2.65. The normalized spacial score (nSPS) is 12.7. The van der Waals surface area contributed by atoms with Crippen molar-refractivity contribution in [3.05, 3.63) is 60.6 Å². The molecule has 0 unspecified atom stereocenters. The van der Waals surface area contributed by atoms with Crippen molar-refractivity contribution in [3.8, 4) is 5.75 Å². The number of aromatic nitrogens is 2. The van der Waals surface area contributed by atoms with Gasteiger partial charge in [0, 0.05) is 52.1 Å². The number of fused-ring (bicyclic) bond motifs is 1. The third-order valence-corrected chi connectivity index (χ3v) is 7.08. The summed E-state index contributed by atoms with van der Waals surface area (Å²) in [7, 11) is 25.1. The van der Waals surface area contributed by atoms with Crippen LogP contribution in [-0.4, -0.2) is 104 Å². The molecule has 228 valence electrons. The number of benzene rings is 2. The van der Waals surface area contributed by atoms with Gasteiger partial charge in [0.25, 0.3) is 0 Å². The number of carbonyl (C=O) groups excluding carboxylic acids is 2. The fourth-order valence-corrected chi connectivity index (χ4v) is 4.98. The number of hydrogen-bond donors (Lipinski definition) is 2. The van der Waals surface area contributed by atoms with Crippen LogP contribution in [0.5, 0.6) is 5.75 Å². The summed E-state index contributed by atoms with van der Waals surface area (Å²) < 4.78 is 20.4. The van der Waals surface area contributed by atoms with Gasteiger partial charge in [0.1, 0.15) is 40.9 Å². The van der Waals surface area contributed by atoms with Gasteiger partial charge in [-0.05, 0) is 62.1 Å². The van der Waals surface area contributed by atoms with Crippen molar-refractivity contribution in [1.29, 1.82) is 0 Å². The first kappa shape index (κ1) is 33.4. The topological polar surface area (TPSA) is 106 Å². The molecule has 4 rings (SSSR count). The average molecular weight is 606 g/mol. The van der Waals surface area contributed by atoms with Crippen molar-refractivity contribution in [2.45, 2.75) is 18.1 Å². The van der Waals surface area contributed by atoms with Crippen LogP contribution < -0.4 is 30.1 Å². The molecule has 2 aromatic carbocycles. The molecule has 2 N–H and O–H groups in total. The van der Waals surface area contributed by atoms with Gasteiger partial charge in [-0.3, -0.25) is 14.5 Å². The number of anilines is 7. The largest absolute Gasteiger partial charge is 0.514 e. The second kappa shape index (κ2) is 14.1. The maximum atomic E-state index is 14.7. The Kier molecular flexibility index (Phi) is 10.4. The molecule has 1 aliphatic heterocycles. The van der Waals surface area contributed by atoms with E-state index in [1.807, 2.05) is 42.9 Å². The molecule has 1 aliphatic rings. The first-order chi connectivity index (χ1) is 21.3. The second-order valence-corrected chi connectivity index (χ2v) is 11.0. The fraction of sp³-hybridized carbons (Fsp3) is 0.333. The van der Waals surface area contributed by atoms with Gasteiger partial charge < -0.3 is 30.1 Å². The Labute approximate surface area is 267 Å². The van der Waals surface area contributed by atoms with Gasteiger partial charge in [0.15, 0.2) is 0 Å². The maximum absolute atomic E-state index is 14.7. The van der Waals surface area contributed by atoms with E-state index in [2.05, 4.69) is 27.2 Å². The molecule has 1 aromatic heterocycles. The molecule has 0 fully saturated rings. The number of nitrogens with one attached hydrogen (secondary N) is 2. The lowest BCUT2D eigenvalue weighted by Gasteiger charge is -2.32. The monoisotopic (exact) mass is 606 g/mol. The minimum Gasteiger partial charge on any atom is -0.514 e. The molecule has 3 aromatic rings. The number of halogens is 1. The van der Waals surface area contributed by atoms with Crippen molar-refractivity contribution >= 4 is 76.1 Å². The minimum absolute atomic E-state index is 0.0502. The molecule has 11 nitrogen and oxygen atoms in total. The van der Waals surface area contributed by atoms with Crippen molar-refractivity contribution < 1.29 is 18.7 Å². The first-order valence-electron chi connectivity index (χ1n) is 14.2. The highest BCUT2D eigenvalue weighted by Crippen LogP contribution is 2.41. The van der Waals surface area contributed by atoms with Crippen molar-refractivity contribution in [2.75, 3.05) is 73.2 Å². The van der Waals surface area contributed by atoms with Crippen LogP contribution in [0.15, 0.2) is 49.2 Å². The number of likely N-dealkylation sites (N-methyl/N-ethyl adjacent to an activating group) is 2. The van der Waals surface area contributed by atoms with Crippen LogP contribution in [0.3, 0.4) is 0 Å². The van der Waals surface area contributed by atoms with E-state index in [0.717, 1.165) is 30.3 Å². The molecule has 0 spiro atoms. The highest BCUT2D eigenvalue weighted by Gasteiger charge is 2.25. The standard InChI is InChI=1S/C30H34B3FN8O3/c1-6-27(44)36-21-16-22(25(45-30(31,32)33)17-23(21)40(4)13-12-39(2)3)37-29-35-10-9-26(38-29)42(18-43)24-15-20(34)14-19-8-7-11-41(5)28(19)24/h6,9-10,14-18H,1,7-8,11-13H2,2-5H3,(H,36,44)(H,35,37,38). The van der Waals surface area contributed by atoms with E-state index in [1.165, 1.54) is 29.3 Å². The maximum Gasteiger partial charge on any atom is 0.247 e. The van der Waals surface area contributed by atoms with Crippen LogP contribution in [0.25, 0.3) is 0 Å². The van der Waals surface area contributed by atoms with Gasteiger partial charge in [0.2, 0.25) is 18.3 Å². The molecule has 15 heteroatoms. The minimum atomic E-state index is -2.05. The summed E-state index contributed by atoms with van der Waals surface area (Å²) in [6.07, 6.45) is 4.72. The molecular formula is C30H34B3FN8O3. The third kappa shape index (κ3) is 8.36. The lowest BCUT2D eigenvalue weighted by atomic mass is 9.52. The smallest absolute Gasteiger partial charge is 0.247 e. The van der Waals surface area contributed by atoms with Crippen LogP contribution in [0.1, 0.15) is 12.0 Å². The molecule has 0 bridgehead atoms. The number of nitrogens with zero attached hydrogens (tertiary/aromatic N) is 6. The quantitative estimate of drug-likeness (QED) is 0.173. The Morgan fingerprint density at radius 3 is 2.58 bits per heavy atom. The second-order valence-electron chi connectivity index (χ2n) is 11.0. The van der Waals surface area contributed by atoms with E-state index < -0.39 is 17.0 Å². The molecule has 2 heterocycles. The summed E-state index contributed by atoms with van der Waals surface area (Å²) in [6.45, 7) is 5.61. The number of rotatable bonds is 13. The lowest BCUT2D eigenvalue weighted by Crippen LogP contribution is -2.38. The van der Waals surface area contributed by atoms with Gasteiger partial charge >= 0.3 is 0 Å². The Bertz CT molecular complexity index is 1570. The van der Waals surface area contributed by atoms with Crippen molar-refractivity contribution in [1.82, 2.24) is 14.9 Å². The van der Waals surface area contributed by atoms with Gasteiger partial charge in [-0.1, -0.05) is 6.58 Å². The number of hydrogen-bond acceptors (Lipinski definition) is 9. The lowest BCUT2D eigenvalue weighted by molar-refractivity contribution is -0.112. The zero-order valence-electron chi connectivity index (χ0n) is 25.9. The molecular weight excluding hydrogens is 572 g/mol. The van der Waals surface area contributed by atoms with Gasteiger partial charge in [0.05, 0.1) is 28.4 Å². The summed E-state index contributed by atoms with van der Waals surface area (Å²) in [4.78, 5) is 40.8. The summed E-state index contributed by atoms with van der Waals surface area (Å²) in [6, 6.07) is 7.53. The molecule has 6 radical (unpaired) electrons. The van der Waals surface area contributed by atoms with Gasteiger partial charge in [-0.25, -0.2) is 9.37 Å². The van der Waals surface area contributed by atoms with Crippen LogP contribution in [0, 0.1) is 5.82 Å². The summed E-state index contributed by atoms with van der Waals surface area (Å²) in [5.41, 5.74) is 3.15. The van der Waals surface area contributed by atoms with Crippen LogP contribution in [0.4, 0.5) is 44.6 Å². The zero-order chi connectivity index (χ0) is 32.9. The van der Waals surface area contributed by atoms with E-state index in [-0.39, 0.29) is 23.2 Å². The third-order valence-electron chi connectivity index (χ3n) is 7.08. The molecule has 0 atom stereocenters. The predicted molar refractivity (Wildman–Crippen MR) is 179 cm³/mol. The van der Waals surface area contributed by atoms with E-state index in [9.17, 15) is 14.0 Å². The highest BCUT2D eigenvalue weighted by molar-refractivity contribution is 6.58. The Balaban J connectivity index is 1.77.